The molecule has 0 aromatic rings. The van der Waals surface area contributed by atoms with Gasteiger partial charge in [-0.3, -0.25) is 4.90 Å². The second-order valence-corrected chi connectivity index (χ2v) is 6.67. The van der Waals surface area contributed by atoms with Crippen molar-refractivity contribution in [1.29, 1.82) is 0 Å². The van der Waals surface area contributed by atoms with Crippen molar-refractivity contribution in [1.82, 2.24) is 15.1 Å². The lowest BCUT2D eigenvalue weighted by Gasteiger charge is -2.40. The van der Waals surface area contributed by atoms with Gasteiger partial charge in [0.05, 0.1) is 0 Å². The Kier molecular flexibility index (Phi) is 5.46. The van der Waals surface area contributed by atoms with Gasteiger partial charge < -0.3 is 10.2 Å². The van der Waals surface area contributed by atoms with Crippen LogP contribution in [0.3, 0.4) is 0 Å². The molecular formula is C15H31N3. The van der Waals surface area contributed by atoms with Crippen molar-refractivity contribution in [3.8, 4) is 0 Å². The maximum absolute atomic E-state index is 3.67. The molecule has 0 saturated carbocycles. The fraction of sp³-hybridized carbons (Fsp3) is 1.00. The maximum Gasteiger partial charge on any atom is 0.0220 e. The van der Waals surface area contributed by atoms with Crippen LogP contribution in [0.4, 0.5) is 0 Å². The first-order valence-corrected chi connectivity index (χ1v) is 7.81. The third kappa shape index (κ3) is 4.22. The van der Waals surface area contributed by atoms with Gasteiger partial charge in [-0.2, -0.15) is 0 Å². The summed E-state index contributed by atoms with van der Waals surface area (Å²) in [6.45, 7) is 10.9. The third-order valence-corrected chi connectivity index (χ3v) is 4.49. The normalized spacial score (nSPS) is 32.0. The van der Waals surface area contributed by atoms with Gasteiger partial charge in [-0.15, -0.1) is 0 Å². The van der Waals surface area contributed by atoms with Gasteiger partial charge in [0.1, 0.15) is 0 Å². The monoisotopic (exact) mass is 253 g/mol. The molecule has 0 bridgehead atoms. The van der Waals surface area contributed by atoms with E-state index in [0.29, 0.717) is 6.04 Å². The summed E-state index contributed by atoms with van der Waals surface area (Å²) in [5, 5.41) is 3.67. The fourth-order valence-corrected chi connectivity index (χ4v) is 3.46. The molecule has 0 aromatic heterocycles. The molecular weight excluding hydrogens is 222 g/mol. The predicted molar refractivity (Wildman–Crippen MR) is 78.0 cm³/mol. The minimum absolute atomic E-state index is 0.715. The fourth-order valence-electron chi connectivity index (χ4n) is 3.46. The summed E-state index contributed by atoms with van der Waals surface area (Å²) in [6, 6.07) is 1.52. The van der Waals surface area contributed by atoms with Crippen LogP contribution in [-0.4, -0.2) is 61.7 Å². The molecule has 2 atom stereocenters. The third-order valence-electron chi connectivity index (χ3n) is 4.49. The Hall–Kier alpha value is -0.120. The van der Waals surface area contributed by atoms with Crippen LogP contribution in [0.2, 0.25) is 0 Å². The highest BCUT2D eigenvalue weighted by Gasteiger charge is 2.25. The van der Waals surface area contributed by atoms with E-state index in [9.17, 15) is 0 Å². The van der Waals surface area contributed by atoms with Gasteiger partial charge in [0, 0.05) is 38.3 Å². The maximum atomic E-state index is 3.67. The number of piperidine rings is 1. The van der Waals surface area contributed by atoms with E-state index in [-0.39, 0.29) is 0 Å². The zero-order valence-electron chi connectivity index (χ0n) is 12.5. The molecule has 18 heavy (non-hydrogen) atoms. The summed E-state index contributed by atoms with van der Waals surface area (Å²) in [6.07, 6.45) is 5.54. The molecule has 0 radical (unpaired) electrons. The summed E-state index contributed by atoms with van der Waals surface area (Å²) in [4.78, 5) is 5.26. The van der Waals surface area contributed by atoms with Gasteiger partial charge in [-0.05, 0) is 38.8 Å². The number of hydrogen-bond donors (Lipinski definition) is 1. The average Bonchev–Trinajstić information content (AvgIpc) is 2.32. The number of piperazine rings is 1. The van der Waals surface area contributed by atoms with Crippen LogP contribution in [0, 0.1) is 5.92 Å². The van der Waals surface area contributed by atoms with E-state index in [4.69, 9.17) is 0 Å². The van der Waals surface area contributed by atoms with Crippen LogP contribution < -0.4 is 5.32 Å². The molecule has 2 saturated heterocycles. The van der Waals surface area contributed by atoms with E-state index in [1.807, 2.05) is 0 Å². The lowest BCUT2D eigenvalue weighted by molar-refractivity contribution is 0.105. The molecule has 0 spiro atoms. The van der Waals surface area contributed by atoms with Crippen molar-refractivity contribution in [3.63, 3.8) is 0 Å². The summed E-state index contributed by atoms with van der Waals surface area (Å²) < 4.78 is 0. The minimum Gasteiger partial charge on any atom is -0.311 e. The van der Waals surface area contributed by atoms with Crippen molar-refractivity contribution >= 4 is 0 Å². The Morgan fingerprint density at radius 1 is 1.22 bits per heavy atom. The van der Waals surface area contributed by atoms with Crippen molar-refractivity contribution in [2.24, 2.45) is 5.92 Å². The highest BCUT2D eigenvalue weighted by atomic mass is 15.2. The Bertz CT molecular complexity index is 242. The highest BCUT2D eigenvalue weighted by molar-refractivity contribution is 4.84. The standard InChI is InChI=1S/C15H31N3/c1-13(2)10-14-11-18(9-7-16-14)12-15-6-4-5-8-17(15)3/h13-16H,4-12H2,1-3H3. The highest BCUT2D eigenvalue weighted by Crippen LogP contribution is 2.17. The molecule has 3 nitrogen and oxygen atoms in total. The molecule has 0 amide bonds. The number of nitrogens with one attached hydrogen (secondary N) is 1. The second kappa shape index (κ2) is 6.88. The summed E-state index contributed by atoms with van der Waals surface area (Å²) >= 11 is 0. The molecule has 106 valence electrons. The number of rotatable bonds is 4. The van der Waals surface area contributed by atoms with Crippen molar-refractivity contribution in [2.45, 2.75) is 51.6 Å². The molecule has 2 heterocycles. The first kappa shape index (κ1) is 14.3. The van der Waals surface area contributed by atoms with Crippen molar-refractivity contribution < 1.29 is 0 Å². The topological polar surface area (TPSA) is 18.5 Å². The SMILES string of the molecule is CC(C)CC1CN(CC2CCCCN2C)CCN1. The number of likely N-dealkylation sites (tertiary alicyclic amines) is 1. The van der Waals surface area contributed by atoms with E-state index in [1.54, 1.807) is 0 Å². The molecule has 3 heteroatoms. The Morgan fingerprint density at radius 3 is 2.78 bits per heavy atom. The van der Waals surface area contributed by atoms with E-state index in [1.165, 1.54) is 58.4 Å². The van der Waals surface area contributed by atoms with Crippen LogP contribution in [-0.2, 0) is 0 Å². The largest absolute Gasteiger partial charge is 0.311 e. The summed E-state index contributed by atoms with van der Waals surface area (Å²) in [5.41, 5.74) is 0. The van der Waals surface area contributed by atoms with Gasteiger partial charge in [0.15, 0.2) is 0 Å². The van der Waals surface area contributed by atoms with Crippen LogP contribution in [0.15, 0.2) is 0 Å². The average molecular weight is 253 g/mol. The first-order valence-electron chi connectivity index (χ1n) is 7.81. The molecule has 2 aliphatic heterocycles. The molecule has 0 aromatic carbocycles. The van der Waals surface area contributed by atoms with Gasteiger partial charge in [0.2, 0.25) is 0 Å². The molecule has 0 aliphatic carbocycles. The minimum atomic E-state index is 0.715. The van der Waals surface area contributed by atoms with E-state index >= 15 is 0 Å². The molecule has 2 fully saturated rings. The van der Waals surface area contributed by atoms with Crippen molar-refractivity contribution in [3.05, 3.63) is 0 Å². The second-order valence-electron chi connectivity index (χ2n) is 6.67. The Morgan fingerprint density at radius 2 is 2.06 bits per heavy atom. The predicted octanol–water partition coefficient (Wildman–Crippen LogP) is 1.79. The lowest BCUT2D eigenvalue weighted by Crippen LogP contribution is -2.54. The van der Waals surface area contributed by atoms with Crippen molar-refractivity contribution in [2.75, 3.05) is 39.8 Å². The van der Waals surface area contributed by atoms with Crippen LogP contribution in [0.1, 0.15) is 39.5 Å². The number of nitrogens with zero attached hydrogens (tertiary/aromatic N) is 2. The van der Waals surface area contributed by atoms with Gasteiger partial charge in [0.25, 0.3) is 0 Å². The van der Waals surface area contributed by atoms with Crippen LogP contribution in [0.5, 0.6) is 0 Å². The van der Waals surface area contributed by atoms with Gasteiger partial charge in [-0.1, -0.05) is 20.3 Å². The molecule has 1 N–H and O–H groups in total. The Balaban J connectivity index is 1.77. The first-order chi connectivity index (χ1) is 8.65. The quantitative estimate of drug-likeness (QED) is 0.824. The van der Waals surface area contributed by atoms with Crippen LogP contribution >= 0.6 is 0 Å². The van der Waals surface area contributed by atoms with Crippen LogP contribution in [0.25, 0.3) is 0 Å². The molecule has 2 unspecified atom stereocenters. The number of likely N-dealkylation sites (N-methyl/N-ethyl adjacent to an activating group) is 1. The zero-order chi connectivity index (χ0) is 13.0. The van der Waals surface area contributed by atoms with E-state index in [2.05, 4.69) is 36.0 Å². The summed E-state index contributed by atoms with van der Waals surface area (Å²) in [7, 11) is 2.30. The zero-order valence-corrected chi connectivity index (χ0v) is 12.5. The van der Waals surface area contributed by atoms with E-state index < -0.39 is 0 Å². The smallest absolute Gasteiger partial charge is 0.0220 e. The Labute approximate surface area is 113 Å². The molecule has 2 rings (SSSR count). The lowest BCUT2D eigenvalue weighted by atomic mass is 9.99. The summed E-state index contributed by atoms with van der Waals surface area (Å²) in [5.74, 6) is 0.805. The number of hydrogen-bond acceptors (Lipinski definition) is 3. The van der Waals surface area contributed by atoms with Gasteiger partial charge in [-0.25, -0.2) is 0 Å². The molecule has 2 aliphatic rings. The van der Waals surface area contributed by atoms with Gasteiger partial charge >= 0.3 is 0 Å². The van der Waals surface area contributed by atoms with E-state index in [0.717, 1.165) is 12.0 Å².